The Morgan fingerprint density at radius 1 is 1.24 bits per heavy atom. The first-order valence-corrected chi connectivity index (χ1v) is 6.50. The maximum Gasteiger partial charge on any atom is 0.344 e. The van der Waals surface area contributed by atoms with Crippen molar-refractivity contribution >= 4 is 23.3 Å². The highest BCUT2D eigenvalue weighted by atomic mass is 35.5. The number of hydrogen-bond donors (Lipinski definition) is 1. The summed E-state index contributed by atoms with van der Waals surface area (Å²) >= 11 is 5.74. The van der Waals surface area contributed by atoms with Crippen molar-refractivity contribution in [2.75, 3.05) is 12.3 Å². The van der Waals surface area contributed by atoms with Crippen LogP contribution < -0.4 is 10.5 Å². The number of benzene rings is 2. The third kappa shape index (κ3) is 4.65. The number of esters is 1. The molecule has 21 heavy (non-hydrogen) atoms. The number of nitrogen functional groups attached to an aromatic ring is 1. The molecule has 0 heterocycles. The van der Waals surface area contributed by atoms with E-state index in [0.29, 0.717) is 16.5 Å². The second-order valence-corrected chi connectivity index (χ2v) is 4.69. The van der Waals surface area contributed by atoms with Crippen LogP contribution in [0.15, 0.2) is 42.5 Å². The lowest BCUT2D eigenvalue weighted by molar-refractivity contribution is -0.147. The Morgan fingerprint density at radius 2 is 2.05 bits per heavy atom. The minimum Gasteiger partial charge on any atom is -0.482 e. The van der Waals surface area contributed by atoms with Gasteiger partial charge in [0.1, 0.15) is 18.2 Å². The molecule has 2 aromatic rings. The van der Waals surface area contributed by atoms with Gasteiger partial charge in [-0.2, -0.15) is 0 Å². The van der Waals surface area contributed by atoms with Crippen LogP contribution in [0.25, 0.3) is 0 Å². The summed E-state index contributed by atoms with van der Waals surface area (Å²) < 4.78 is 23.6. The normalized spacial score (nSPS) is 10.2. The van der Waals surface area contributed by atoms with Crippen molar-refractivity contribution in [3.05, 3.63) is 58.9 Å². The summed E-state index contributed by atoms with van der Waals surface area (Å²) in [5.74, 6) is -0.637. The van der Waals surface area contributed by atoms with E-state index in [1.807, 2.05) is 0 Å². The molecule has 4 nitrogen and oxygen atoms in total. The second kappa shape index (κ2) is 6.95. The van der Waals surface area contributed by atoms with Crippen molar-refractivity contribution in [2.24, 2.45) is 0 Å². The molecule has 2 rings (SSSR count). The molecule has 0 bridgehead atoms. The first kappa shape index (κ1) is 15.1. The SMILES string of the molecule is Nc1cccc(OCC(=O)OCc2cc(Cl)ccc2F)c1. The standard InChI is InChI=1S/C15H13ClFNO3/c16-11-4-5-14(17)10(6-11)8-21-15(19)9-20-13-3-1-2-12(18)7-13/h1-7H,8-9,18H2. The zero-order valence-corrected chi connectivity index (χ0v) is 11.8. The highest BCUT2D eigenvalue weighted by Crippen LogP contribution is 2.16. The molecule has 0 radical (unpaired) electrons. The van der Waals surface area contributed by atoms with Gasteiger partial charge in [0.2, 0.25) is 0 Å². The predicted octanol–water partition coefficient (Wildman–Crippen LogP) is 3.18. The molecule has 0 aliphatic rings. The Hall–Kier alpha value is -2.27. The van der Waals surface area contributed by atoms with Crippen LogP contribution in [0.5, 0.6) is 5.75 Å². The molecule has 0 aromatic heterocycles. The lowest BCUT2D eigenvalue weighted by atomic mass is 10.2. The number of anilines is 1. The molecule has 0 unspecified atom stereocenters. The fraction of sp³-hybridized carbons (Fsp3) is 0.133. The molecule has 2 N–H and O–H groups in total. The topological polar surface area (TPSA) is 61.5 Å². The monoisotopic (exact) mass is 309 g/mol. The summed E-state index contributed by atoms with van der Waals surface area (Å²) in [7, 11) is 0. The molecule has 0 saturated heterocycles. The molecular weight excluding hydrogens is 297 g/mol. The summed E-state index contributed by atoms with van der Waals surface area (Å²) in [5.41, 5.74) is 6.32. The zero-order valence-electron chi connectivity index (χ0n) is 11.0. The van der Waals surface area contributed by atoms with Gasteiger partial charge in [-0.15, -0.1) is 0 Å². The van der Waals surface area contributed by atoms with Crippen LogP contribution in [0.4, 0.5) is 10.1 Å². The van der Waals surface area contributed by atoms with Gasteiger partial charge in [0.25, 0.3) is 0 Å². The van der Waals surface area contributed by atoms with E-state index >= 15 is 0 Å². The zero-order chi connectivity index (χ0) is 15.2. The number of hydrogen-bond acceptors (Lipinski definition) is 4. The van der Waals surface area contributed by atoms with E-state index in [9.17, 15) is 9.18 Å². The van der Waals surface area contributed by atoms with Crippen LogP contribution in [-0.2, 0) is 16.1 Å². The predicted molar refractivity (Wildman–Crippen MR) is 77.6 cm³/mol. The van der Waals surface area contributed by atoms with E-state index in [-0.39, 0.29) is 18.8 Å². The van der Waals surface area contributed by atoms with Gasteiger partial charge < -0.3 is 15.2 Å². The molecule has 0 amide bonds. The van der Waals surface area contributed by atoms with Gasteiger partial charge in [0.15, 0.2) is 6.61 Å². The molecule has 110 valence electrons. The van der Waals surface area contributed by atoms with Gasteiger partial charge >= 0.3 is 5.97 Å². The Bertz CT molecular complexity index is 649. The average molecular weight is 310 g/mol. The third-order valence-electron chi connectivity index (χ3n) is 2.61. The molecule has 0 atom stereocenters. The van der Waals surface area contributed by atoms with Gasteiger partial charge in [0.05, 0.1) is 0 Å². The van der Waals surface area contributed by atoms with Gasteiger partial charge in [-0.25, -0.2) is 9.18 Å². The van der Waals surface area contributed by atoms with Gasteiger partial charge in [-0.05, 0) is 30.3 Å². The Morgan fingerprint density at radius 3 is 2.81 bits per heavy atom. The molecule has 2 aromatic carbocycles. The molecule has 0 aliphatic carbocycles. The van der Waals surface area contributed by atoms with Crippen LogP contribution in [0.1, 0.15) is 5.56 Å². The fourth-order valence-corrected chi connectivity index (χ4v) is 1.80. The number of rotatable bonds is 5. The Kier molecular flexibility index (Phi) is 5.00. The quantitative estimate of drug-likeness (QED) is 0.680. The van der Waals surface area contributed by atoms with Crippen LogP contribution in [-0.4, -0.2) is 12.6 Å². The van der Waals surface area contributed by atoms with Gasteiger partial charge in [0, 0.05) is 22.3 Å². The average Bonchev–Trinajstić information content (AvgIpc) is 2.46. The number of ether oxygens (including phenoxy) is 2. The summed E-state index contributed by atoms with van der Waals surface area (Å²) in [5, 5.41) is 0.374. The van der Waals surface area contributed by atoms with Gasteiger partial charge in [-0.3, -0.25) is 0 Å². The van der Waals surface area contributed by atoms with E-state index < -0.39 is 11.8 Å². The number of nitrogens with two attached hydrogens (primary N) is 1. The minimum absolute atomic E-state index is 0.203. The number of carbonyl (C=O) groups excluding carboxylic acids is 1. The van der Waals surface area contributed by atoms with Crippen molar-refractivity contribution in [2.45, 2.75) is 6.61 Å². The van der Waals surface area contributed by atoms with Crippen LogP contribution in [0, 0.1) is 5.82 Å². The molecule has 0 spiro atoms. The van der Waals surface area contributed by atoms with Gasteiger partial charge in [-0.1, -0.05) is 17.7 Å². The molecule has 0 saturated carbocycles. The summed E-state index contributed by atoms with van der Waals surface area (Å²) in [6.45, 7) is -0.489. The first-order valence-electron chi connectivity index (χ1n) is 6.12. The number of carbonyl (C=O) groups is 1. The lowest BCUT2D eigenvalue weighted by Crippen LogP contribution is -2.15. The number of halogens is 2. The largest absolute Gasteiger partial charge is 0.482 e. The highest BCUT2D eigenvalue weighted by Gasteiger charge is 2.08. The van der Waals surface area contributed by atoms with Crippen molar-refractivity contribution < 1.29 is 18.7 Å². The summed E-state index contributed by atoms with van der Waals surface area (Å²) in [6.07, 6.45) is 0. The smallest absolute Gasteiger partial charge is 0.344 e. The molecular formula is C15H13ClFNO3. The van der Waals surface area contributed by atoms with Crippen molar-refractivity contribution in [1.29, 1.82) is 0 Å². The van der Waals surface area contributed by atoms with E-state index in [1.165, 1.54) is 18.2 Å². The van der Waals surface area contributed by atoms with Crippen LogP contribution in [0.2, 0.25) is 5.02 Å². The molecule has 6 heteroatoms. The first-order chi connectivity index (χ1) is 10.0. The van der Waals surface area contributed by atoms with Crippen molar-refractivity contribution in [3.63, 3.8) is 0 Å². The van der Waals surface area contributed by atoms with Crippen molar-refractivity contribution in [1.82, 2.24) is 0 Å². The summed E-state index contributed by atoms with van der Waals surface area (Å²) in [6, 6.07) is 10.7. The van der Waals surface area contributed by atoms with E-state index in [0.717, 1.165) is 0 Å². The Labute approximate surface area is 126 Å². The summed E-state index contributed by atoms with van der Waals surface area (Å²) in [4.78, 5) is 11.5. The molecule has 0 aliphatic heterocycles. The lowest BCUT2D eigenvalue weighted by Gasteiger charge is -2.08. The van der Waals surface area contributed by atoms with Crippen LogP contribution in [0.3, 0.4) is 0 Å². The van der Waals surface area contributed by atoms with E-state index in [1.54, 1.807) is 24.3 Å². The Balaban J connectivity index is 1.83. The highest BCUT2D eigenvalue weighted by molar-refractivity contribution is 6.30. The van der Waals surface area contributed by atoms with E-state index in [4.69, 9.17) is 26.8 Å². The van der Waals surface area contributed by atoms with Crippen LogP contribution >= 0.6 is 11.6 Å². The third-order valence-corrected chi connectivity index (χ3v) is 2.85. The van der Waals surface area contributed by atoms with E-state index in [2.05, 4.69) is 0 Å². The maximum atomic E-state index is 13.4. The fourth-order valence-electron chi connectivity index (χ4n) is 1.60. The minimum atomic E-state index is -0.614. The molecule has 0 fully saturated rings. The second-order valence-electron chi connectivity index (χ2n) is 4.26. The van der Waals surface area contributed by atoms with Crippen molar-refractivity contribution in [3.8, 4) is 5.75 Å². The maximum absolute atomic E-state index is 13.4.